The van der Waals surface area contributed by atoms with E-state index in [-0.39, 0.29) is 11.3 Å². The average Bonchev–Trinajstić information content (AvgIpc) is 2.23. The first-order valence-corrected chi connectivity index (χ1v) is 6.58. The molecule has 18 heavy (non-hydrogen) atoms. The molecule has 1 amide bonds. The molecular formula is C13H14BrClN2O. The van der Waals surface area contributed by atoms with Gasteiger partial charge in [-0.25, -0.2) is 0 Å². The van der Waals surface area contributed by atoms with Gasteiger partial charge in [0.1, 0.15) is 6.04 Å². The van der Waals surface area contributed by atoms with Crippen LogP contribution in [-0.2, 0) is 0 Å². The number of nitriles is 1. The normalized spacial score (nSPS) is 12.7. The Labute approximate surface area is 120 Å². The van der Waals surface area contributed by atoms with Gasteiger partial charge in [0, 0.05) is 9.50 Å². The number of nitrogens with one attached hydrogen (secondary N) is 1. The fourth-order valence-electron chi connectivity index (χ4n) is 1.32. The van der Waals surface area contributed by atoms with Gasteiger partial charge in [-0.05, 0) is 39.5 Å². The van der Waals surface area contributed by atoms with E-state index in [2.05, 4.69) is 27.3 Å². The third-order valence-corrected chi connectivity index (χ3v) is 3.34. The predicted molar refractivity (Wildman–Crippen MR) is 75.5 cm³/mol. The van der Waals surface area contributed by atoms with Gasteiger partial charge in [0.15, 0.2) is 0 Å². The van der Waals surface area contributed by atoms with E-state index in [1.807, 2.05) is 20.8 Å². The molecule has 0 bridgehead atoms. The third kappa shape index (κ3) is 3.72. The molecule has 0 heterocycles. The molecule has 1 N–H and O–H groups in total. The summed E-state index contributed by atoms with van der Waals surface area (Å²) in [5, 5.41) is 12.3. The van der Waals surface area contributed by atoms with E-state index in [9.17, 15) is 4.79 Å². The fraction of sp³-hybridized carbons (Fsp3) is 0.385. The minimum Gasteiger partial charge on any atom is -0.336 e. The first-order valence-electron chi connectivity index (χ1n) is 5.41. The van der Waals surface area contributed by atoms with Gasteiger partial charge < -0.3 is 5.32 Å². The number of hydrogen-bond donors (Lipinski definition) is 1. The highest BCUT2D eigenvalue weighted by atomic mass is 79.9. The zero-order valence-electron chi connectivity index (χ0n) is 10.4. The van der Waals surface area contributed by atoms with Crippen molar-refractivity contribution >= 4 is 33.4 Å². The molecule has 1 atom stereocenters. The molecule has 0 aliphatic heterocycles. The van der Waals surface area contributed by atoms with Gasteiger partial charge in [-0.15, -0.1) is 0 Å². The highest BCUT2D eigenvalue weighted by Crippen LogP contribution is 2.23. The molecule has 0 fully saturated rings. The summed E-state index contributed by atoms with van der Waals surface area (Å²) in [6.07, 6.45) is 0. The van der Waals surface area contributed by atoms with Crippen molar-refractivity contribution in [2.24, 2.45) is 5.41 Å². The molecule has 1 aromatic carbocycles. The topological polar surface area (TPSA) is 52.9 Å². The number of benzene rings is 1. The Hall–Kier alpha value is -1.05. The minimum atomic E-state index is -0.549. The minimum absolute atomic E-state index is 0.292. The summed E-state index contributed by atoms with van der Waals surface area (Å²) in [7, 11) is 0. The summed E-state index contributed by atoms with van der Waals surface area (Å²) in [4.78, 5) is 12.1. The van der Waals surface area contributed by atoms with Crippen molar-refractivity contribution in [1.82, 2.24) is 5.32 Å². The number of carbonyl (C=O) groups is 1. The van der Waals surface area contributed by atoms with Crippen LogP contribution >= 0.6 is 27.5 Å². The van der Waals surface area contributed by atoms with Gasteiger partial charge in [-0.2, -0.15) is 5.26 Å². The van der Waals surface area contributed by atoms with Crippen LogP contribution in [0.1, 0.15) is 31.1 Å². The van der Waals surface area contributed by atoms with Crippen molar-refractivity contribution in [2.45, 2.75) is 26.8 Å². The van der Waals surface area contributed by atoms with E-state index in [1.165, 1.54) is 0 Å². The lowest BCUT2D eigenvalue weighted by atomic mass is 9.87. The average molecular weight is 330 g/mol. The maximum atomic E-state index is 12.1. The molecule has 0 radical (unpaired) electrons. The summed E-state index contributed by atoms with van der Waals surface area (Å²) in [5.74, 6) is -0.292. The summed E-state index contributed by atoms with van der Waals surface area (Å²) in [6, 6.07) is 6.46. The van der Waals surface area contributed by atoms with E-state index in [4.69, 9.17) is 16.9 Å². The molecule has 1 rings (SSSR count). The van der Waals surface area contributed by atoms with Gasteiger partial charge in [0.05, 0.1) is 11.6 Å². The second-order valence-electron chi connectivity index (χ2n) is 5.03. The van der Waals surface area contributed by atoms with Crippen molar-refractivity contribution in [2.75, 3.05) is 0 Å². The lowest BCUT2D eigenvalue weighted by Gasteiger charge is -2.25. The SMILES string of the molecule is CC(C)(C)[C@@H](C#N)NC(=O)c1ccc(Cl)cc1Br. The first-order chi connectivity index (χ1) is 8.25. The number of amides is 1. The molecule has 5 heteroatoms. The second-order valence-corrected chi connectivity index (χ2v) is 6.32. The van der Waals surface area contributed by atoms with E-state index < -0.39 is 6.04 Å². The van der Waals surface area contributed by atoms with Gasteiger partial charge >= 0.3 is 0 Å². The molecule has 1 aromatic rings. The summed E-state index contributed by atoms with van der Waals surface area (Å²) >= 11 is 9.10. The van der Waals surface area contributed by atoms with Crippen LogP contribution in [0.4, 0.5) is 0 Å². The van der Waals surface area contributed by atoms with Crippen molar-refractivity contribution < 1.29 is 4.79 Å². The molecule has 3 nitrogen and oxygen atoms in total. The summed E-state index contributed by atoms with van der Waals surface area (Å²) in [6.45, 7) is 5.70. The Balaban J connectivity index is 2.93. The van der Waals surface area contributed by atoms with Crippen LogP contribution in [-0.4, -0.2) is 11.9 Å². The quantitative estimate of drug-likeness (QED) is 0.898. The highest BCUT2D eigenvalue weighted by molar-refractivity contribution is 9.10. The Morgan fingerprint density at radius 2 is 2.11 bits per heavy atom. The summed E-state index contributed by atoms with van der Waals surface area (Å²) in [5.41, 5.74) is 0.146. The van der Waals surface area contributed by atoms with Crippen LogP contribution in [0.15, 0.2) is 22.7 Å². The molecule has 96 valence electrons. The molecule has 0 aromatic heterocycles. The number of carbonyl (C=O) groups excluding carboxylic acids is 1. The Kier molecular flexibility index (Phi) is 4.78. The zero-order chi connectivity index (χ0) is 13.9. The Morgan fingerprint density at radius 1 is 1.50 bits per heavy atom. The number of hydrogen-bond acceptors (Lipinski definition) is 2. The zero-order valence-corrected chi connectivity index (χ0v) is 12.8. The maximum Gasteiger partial charge on any atom is 0.253 e. The number of rotatable bonds is 2. The number of nitrogens with zero attached hydrogens (tertiary/aromatic N) is 1. The van der Waals surface area contributed by atoms with Gasteiger partial charge in [-0.3, -0.25) is 4.79 Å². The first kappa shape index (κ1) is 15.0. The smallest absolute Gasteiger partial charge is 0.253 e. The van der Waals surface area contributed by atoms with Crippen LogP contribution < -0.4 is 5.32 Å². The van der Waals surface area contributed by atoms with Crippen LogP contribution in [0.3, 0.4) is 0 Å². The second kappa shape index (κ2) is 5.73. The standard InChI is InChI=1S/C13H14BrClN2O/c1-13(2,3)11(7-16)17-12(18)9-5-4-8(15)6-10(9)14/h4-6,11H,1-3H3,(H,17,18)/t11-/m1/s1. The largest absolute Gasteiger partial charge is 0.336 e. The fourth-order valence-corrected chi connectivity index (χ4v) is 2.19. The number of halogens is 2. The molecule has 0 unspecified atom stereocenters. The lowest BCUT2D eigenvalue weighted by molar-refractivity contribution is 0.0921. The Morgan fingerprint density at radius 3 is 2.56 bits per heavy atom. The van der Waals surface area contributed by atoms with Gasteiger partial charge in [0.25, 0.3) is 5.91 Å². The molecule has 0 spiro atoms. The predicted octanol–water partition coefficient (Wildman–Crippen LogP) is 3.77. The Bertz CT molecular complexity index is 503. The summed E-state index contributed by atoms with van der Waals surface area (Å²) < 4.78 is 0.609. The van der Waals surface area contributed by atoms with E-state index in [1.54, 1.807) is 18.2 Å². The van der Waals surface area contributed by atoms with Crippen LogP contribution in [0.2, 0.25) is 5.02 Å². The molecule has 0 aliphatic carbocycles. The molecule has 0 aliphatic rings. The van der Waals surface area contributed by atoms with Crippen LogP contribution in [0.25, 0.3) is 0 Å². The van der Waals surface area contributed by atoms with Gasteiger partial charge in [0.2, 0.25) is 0 Å². The van der Waals surface area contributed by atoms with E-state index in [0.717, 1.165) is 0 Å². The maximum absolute atomic E-state index is 12.1. The van der Waals surface area contributed by atoms with E-state index in [0.29, 0.717) is 15.1 Å². The van der Waals surface area contributed by atoms with Crippen LogP contribution in [0.5, 0.6) is 0 Å². The van der Waals surface area contributed by atoms with Crippen molar-refractivity contribution in [3.63, 3.8) is 0 Å². The van der Waals surface area contributed by atoms with Crippen LogP contribution in [0, 0.1) is 16.7 Å². The van der Waals surface area contributed by atoms with Crippen molar-refractivity contribution in [3.8, 4) is 6.07 Å². The monoisotopic (exact) mass is 328 g/mol. The third-order valence-electron chi connectivity index (χ3n) is 2.45. The molecular weight excluding hydrogens is 316 g/mol. The van der Waals surface area contributed by atoms with Crippen molar-refractivity contribution in [3.05, 3.63) is 33.3 Å². The molecule has 0 saturated carbocycles. The van der Waals surface area contributed by atoms with Gasteiger partial charge in [-0.1, -0.05) is 32.4 Å². The lowest BCUT2D eigenvalue weighted by Crippen LogP contribution is -2.42. The van der Waals surface area contributed by atoms with Crippen molar-refractivity contribution in [1.29, 1.82) is 5.26 Å². The highest BCUT2D eigenvalue weighted by Gasteiger charge is 2.26. The van der Waals surface area contributed by atoms with E-state index >= 15 is 0 Å². The molecule has 0 saturated heterocycles.